The Bertz CT molecular complexity index is 526. The molecule has 0 N–H and O–H groups in total. The second-order valence-electron chi connectivity index (χ2n) is 5.75. The average molecular weight is 428 g/mol. The monoisotopic (exact) mass is 428 g/mol. The first-order chi connectivity index (χ1) is 10.1. The molecule has 1 aliphatic rings. The van der Waals surface area contributed by atoms with E-state index in [9.17, 15) is 13.2 Å². The minimum Gasteiger partial charge on any atom is -0.423 e. The summed E-state index contributed by atoms with van der Waals surface area (Å²) in [5.74, 6) is 0.689. The molecule has 24 heavy (non-hydrogen) atoms. The normalized spacial score (nSPS) is 17.3. The fourth-order valence-corrected chi connectivity index (χ4v) is 3.47. The zero-order valence-corrected chi connectivity index (χ0v) is 17.4. The van der Waals surface area contributed by atoms with E-state index in [1.54, 1.807) is 0 Å². The third kappa shape index (κ3) is 10.0. The van der Waals surface area contributed by atoms with Crippen molar-refractivity contribution in [2.75, 3.05) is 19.0 Å². The Balaban J connectivity index is 0. The second-order valence-corrected chi connectivity index (χ2v) is 6.61. The first kappa shape index (κ1) is 26.1. The summed E-state index contributed by atoms with van der Waals surface area (Å²) in [6.45, 7) is 1.55. The minimum absolute atomic E-state index is 0. The van der Waals surface area contributed by atoms with Gasteiger partial charge in [-0.15, -0.1) is 0 Å². The molecule has 1 atom stereocenters. The number of rotatable bonds is 7. The van der Waals surface area contributed by atoms with Crippen LogP contribution in [0.1, 0.15) is 38.7 Å². The molecule has 2 rings (SSSR count). The third-order valence-electron chi connectivity index (χ3n) is 3.94. The molecule has 4 nitrogen and oxygen atoms in total. The summed E-state index contributed by atoms with van der Waals surface area (Å²) in [5.41, 5.74) is 1.19. The standard InChI is InChI=1S/C16H22NO3S.CH4.CH3.Y/c18-16(9-8-14-5-2-1-3-6-14)11-15-7-4-10-17(12-15)13-21(19)20;;;/h1-3,5-6,15H,4,7-13H2;1H4;1H3;/q-1;;-1;. The van der Waals surface area contributed by atoms with Gasteiger partial charge >= 0.3 is 0 Å². The second kappa shape index (κ2) is 14.1. The number of carbonyl (C=O) groups excluding carboxylic acids is 1. The van der Waals surface area contributed by atoms with Crippen molar-refractivity contribution in [3.05, 3.63) is 43.3 Å². The van der Waals surface area contributed by atoms with Gasteiger partial charge in [0.2, 0.25) is 0 Å². The Morgan fingerprint density at radius 3 is 2.50 bits per heavy atom. The largest absolute Gasteiger partial charge is 0.423 e. The number of benzene rings is 1. The fourth-order valence-electron chi connectivity index (χ4n) is 2.94. The van der Waals surface area contributed by atoms with Gasteiger partial charge in [0, 0.05) is 45.6 Å². The molecule has 135 valence electrons. The maximum atomic E-state index is 12.1. The number of hydrogen-bond donors (Lipinski definition) is 0. The van der Waals surface area contributed by atoms with Gasteiger partial charge in [-0.1, -0.05) is 48.5 Å². The molecule has 1 aliphatic heterocycles. The van der Waals surface area contributed by atoms with Crippen molar-refractivity contribution in [1.82, 2.24) is 4.90 Å². The Morgan fingerprint density at radius 1 is 1.21 bits per heavy atom. The topological polar surface area (TPSA) is 54.5 Å². The molecule has 0 aliphatic carbocycles. The Kier molecular flexibility index (Phi) is 15.4. The number of carbonyl (C=O) groups is 1. The van der Waals surface area contributed by atoms with Gasteiger partial charge in [-0.05, 0) is 49.7 Å². The predicted octanol–water partition coefficient (Wildman–Crippen LogP) is 3.64. The number of ketones is 1. The first-order valence-electron chi connectivity index (χ1n) is 7.47. The minimum atomic E-state index is -2.03. The number of likely N-dealkylation sites (tertiary alicyclic amines) is 1. The fraction of sp³-hybridized carbons (Fsp3) is 0.556. The third-order valence-corrected chi connectivity index (χ3v) is 4.52. The van der Waals surface area contributed by atoms with Gasteiger partial charge in [0.1, 0.15) is 5.78 Å². The Labute approximate surface area is 174 Å². The quantitative estimate of drug-likeness (QED) is 0.492. The molecular weight excluding hydrogens is 399 g/mol. The van der Waals surface area contributed by atoms with Crippen LogP contribution >= 0.6 is 0 Å². The molecule has 0 saturated carbocycles. The molecule has 1 saturated heterocycles. The maximum Gasteiger partial charge on any atom is 0.133 e. The van der Waals surface area contributed by atoms with E-state index in [2.05, 4.69) is 0 Å². The molecule has 1 radical (unpaired) electrons. The van der Waals surface area contributed by atoms with Crippen molar-refractivity contribution in [3.8, 4) is 0 Å². The molecular formula is C18H29NO3SY-2. The number of Topliss-reactive ketones (excluding diaryl/α,β-unsaturated/α-hetero) is 1. The number of piperidine rings is 1. The summed E-state index contributed by atoms with van der Waals surface area (Å²) < 4.78 is 21.5. The van der Waals surface area contributed by atoms with E-state index in [0.717, 1.165) is 32.4 Å². The van der Waals surface area contributed by atoms with Gasteiger partial charge < -0.3 is 20.7 Å². The number of nitrogens with zero attached hydrogens (tertiary/aromatic N) is 1. The Hall–Kier alpha value is -0.0961. The summed E-state index contributed by atoms with van der Waals surface area (Å²) >= 11 is 0. The van der Waals surface area contributed by atoms with Crippen molar-refractivity contribution >= 4 is 16.5 Å². The predicted molar refractivity (Wildman–Crippen MR) is 95.4 cm³/mol. The summed E-state index contributed by atoms with van der Waals surface area (Å²) in [6, 6.07) is 10.0. The van der Waals surface area contributed by atoms with Crippen molar-refractivity contribution in [2.24, 2.45) is 5.92 Å². The number of hydrogen-bond acceptors (Lipinski definition) is 5. The molecule has 0 bridgehead atoms. The van der Waals surface area contributed by atoms with E-state index in [1.807, 2.05) is 35.2 Å². The SMILES string of the molecule is C.O=C(CCc1ccccc1)CC1CCCN(C[S-](=O)=O)C1.[CH3-].[Y]. The van der Waals surface area contributed by atoms with Crippen LogP contribution in [0.4, 0.5) is 0 Å². The zero-order valence-electron chi connectivity index (χ0n) is 13.8. The van der Waals surface area contributed by atoms with Crippen LogP contribution in [-0.4, -0.2) is 29.6 Å². The molecule has 0 aromatic heterocycles. The molecule has 1 aromatic rings. The van der Waals surface area contributed by atoms with Crippen molar-refractivity contribution in [1.29, 1.82) is 0 Å². The molecule has 1 heterocycles. The summed E-state index contributed by atoms with van der Waals surface area (Å²) in [5, 5.41) is 0. The van der Waals surface area contributed by atoms with Gasteiger partial charge in [0.05, 0.1) is 0 Å². The van der Waals surface area contributed by atoms with Gasteiger partial charge in [-0.2, -0.15) is 0 Å². The van der Waals surface area contributed by atoms with Gasteiger partial charge in [-0.3, -0.25) is 4.79 Å². The van der Waals surface area contributed by atoms with E-state index < -0.39 is 10.7 Å². The molecule has 1 aromatic carbocycles. The first-order valence-corrected chi connectivity index (χ1v) is 8.71. The summed E-state index contributed by atoms with van der Waals surface area (Å²) in [7, 11) is -2.03. The number of aryl methyl sites for hydroxylation is 1. The van der Waals surface area contributed by atoms with E-state index in [-0.39, 0.29) is 59.2 Å². The van der Waals surface area contributed by atoms with Crippen molar-refractivity contribution < 1.29 is 45.9 Å². The van der Waals surface area contributed by atoms with Crippen molar-refractivity contribution in [2.45, 2.75) is 39.5 Å². The Morgan fingerprint density at radius 2 is 1.88 bits per heavy atom. The zero-order chi connectivity index (χ0) is 15.1. The van der Waals surface area contributed by atoms with Crippen molar-refractivity contribution in [3.63, 3.8) is 0 Å². The van der Waals surface area contributed by atoms with Crippen LogP contribution in [0.15, 0.2) is 30.3 Å². The van der Waals surface area contributed by atoms with E-state index in [4.69, 9.17) is 0 Å². The average Bonchev–Trinajstić information content (AvgIpc) is 2.46. The van der Waals surface area contributed by atoms with Crippen LogP contribution in [0.3, 0.4) is 0 Å². The van der Waals surface area contributed by atoms with Crippen LogP contribution in [-0.2, 0) is 63.0 Å². The maximum absolute atomic E-state index is 12.1. The van der Waals surface area contributed by atoms with E-state index in [0.29, 0.717) is 18.8 Å². The van der Waals surface area contributed by atoms with Crippen LogP contribution in [0.25, 0.3) is 0 Å². The molecule has 0 amide bonds. The van der Waals surface area contributed by atoms with Gasteiger partial charge in [0.25, 0.3) is 0 Å². The van der Waals surface area contributed by atoms with Gasteiger partial charge in [0.15, 0.2) is 0 Å². The smallest absolute Gasteiger partial charge is 0.133 e. The van der Waals surface area contributed by atoms with Crippen LogP contribution < -0.4 is 0 Å². The van der Waals surface area contributed by atoms with Crippen LogP contribution in [0.2, 0.25) is 0 Å². The molecule has 0 spiro atoms. The van der Waals surface area contributed by atoms with E-state index in [1.165, 1.54) is 5.56 Å². The molecule has 1 fully saturated rings. The van der Waals surface area contributed by atoms with Gasteiger partial charge in [-0.25, -0.2) is 0 Å². The summed E-state index contributed by atoms with van der Waals surface area (Å²) in [6.07, 6.45) is 3.95. The van der Waals surface area contributed by atoms with Crippen LogP contribution in [0.5, 0.6) is 0 Å². The summed E-state index contributed by atoms with van der Waals surface area (Å²) in [4.78, 5) is 14.0. The van der Waals surface area contributed by atoms with Crippen LogP contribution in [0, 0.1) is 13.3 Å². The molecule has 6 heteroatoms. The molecule has 1 unspecified atom stereocenters. The van der Waals surface area contributed by atoms with E-state index >= 15 is 0 Å².